The van der Waals surface area contributed by atoms with Crippen molar-refractivity contribution in [3.8, 4) is 0 Å². The van der Waals surface area contributed by atoms with Crippen molar-refractivity contribution in [2.45, 2.75) is 0 Å². The zero-order chi connectivity index (χ0) is 21.5. The topological polar surface area (TPSA) is 397 Å². The molecule has 0 saturated carbocycles. The predicted octanol–water partition coefficient (Wildman–Crippen LogP) is -1.44. The van der Waals surface area contributed by atoms with Gasteiger partial charge in [0.2, 0.25) is 0 Å². The van der Waals surface area contributed by atoms with E-state index in [-0.39, 0.29) is 42.1 Å². The second-order valence-corrected chi connectivity index (χ2v) is 1.34. The van der Waals surface area contributed by atoms with Gasteiger partial charge in [0.25, 0.3) is 0 Å². The predicted molar refractivity (Wildman–Crippen MR) is 62.2 cm³/mol. The number of hydrogen-bond acceptors (Lipinski definition) is 18. The Morgan fingerprint density at radius 2 is 0.308 bits per heavy atom. The summed E-state index contributed by atoms with van der Waals surface area (Å²) >= 11 is 0. The van der Waals surface area contributed by atoms with Gasteiger partial charge in [-0.15, -0.1) is 0 Å². The molecule has 0 aliphatic rings. The normalized spacial score (nSPS) is 5.54. The summed E-state index contributed by atoms with van der Waals surface area (Å²) in [6, 6.07) is 0. The fourth-order valence-electron chi connectivity index (χ4n) is 0. The van der Waals surface area contributed by atoms with E-state index in [1.54, 1.807) is 0 Å². The van der Waals surface area contributed by atoms with Crippen molar-refractivity contribution in [2.75, 3.05) is 0 Å². The fourth-order valence-corrected chi connectivity index (χ4v) is 0. The monoisotopic (exact) mass is 568 g/mol. The van der Waals surface area contributed by atoms with Crippen LogP contribution < -0.4 is 0 Å². The Morgan fingerprint density at radius 1 is 0.308 bits per heavy atom. The molecule has 0 aliphatic heterocycles. The number of hydrogen-bond donors (Lipinski definition) is 0. The summed E-state index contributed by atoms with van der Waals surface area (Å²) in [6.07, 6.45) is 0. The first-order valence-corrected chi connectivity index (χ1v) is 3.29. The van der Waals surface area contributed by atoms with E-state index in [0.29, 0.717) is 0 Å². The zero-order valence-corrected chi connectivity index (χ0v) is 14.9. The van der Waals surface area contributed by atoms with E-state index < -0.39 is 30.5 Å². The maximum absolute atomic E-state index is 8.25. The molecule has 0 aliphatic carbocycles. The van der Waals surface area contributed by atoms with Crippen LogP contribution in [0.3, 0.4) is 0 Å². The maximum atomic E-state index is 8.25. The molecule has 0 aromatic rings. The van der Waals surface area contributed by atoms with Crippen molar-refractivity contribution >= 4 is 0 Å². The molecule has 0 N–H and O–H groups in total. The van der Waals surface area contributed by atoms with Crippen LogP contribution in [0.15, 0.2) is 0 Å². The van der Waals surface area contributed by atoms with E-state index in [1.165, 1.54) is 0 Å². The van der Waals surface area contributed by atoms with E-state index in [9.17, 15) is 0 Å². The van der Waals surface area contributed by atoms with Gasteiger partial charge in [0, 0.05) is 21.1 Å². The largest absolute Gasteiger partial charge is 6.00 e. The van der Waals surface area contributed by atoms with Gasteiger partial charge in [-0.25, -0.2) is 0 Å². The summed E-state index contributed by atoms with van der Waals surface area (Å²) in [4.78, 5) is 49.5. The van der Waals surface area contributed by atoms with Crippen molar-refractivity contribution in [3.63, 3.8) is 0 Å². The first kappa shape index (κ1) is 49.5. The van der Waals surface area contributed by atoms with Crippen LogP contribution in [0.4, 0.5) is 0 Å². The molecule has 0 bridgehead atoms. The molecule has 0 aromatic carbocycles. The van der Waals surface area contributed by atoms with E-state index in [0.717, 1.165) is 0 Å². The third-order valence-corrected chi connectivity index (χ3v) is 0. The molecule has 0 atom stereocenters. The Hall–Kier alpha value is -3.42. The Morgan fingerprint density at radius 3 is 0.308 bits per heavy atom. The van der Waals surface area contributed by atoms with Crippen LogP contribution in [0.25, 0.3) is 0 Å². The molecule has 26 heteroatoms. The summed E-state index contributed by atoms with van der Waals surface area (Å²) in [7, 11) is 0. The Bertz CT molecular complexity index is 261. The van der Waals surface area contributed by atoms with Gasteiger partial charge in [-0.05, 0) is 0 Å². The number of rotatable bonds is 0. The molecule has 26 heavy (non-hydrogen) atoms. The molecule has 0 radical (unpaired) electrons. The van der Waals surface area contributed by atoms with E-state index in [4.69, 9.17) is 91.9 Å². The molecule has 0 rings (SSSR count). The van der Waals surface area contributed by atoms with Crippen molar-refractivity contribution in [2.24, 2.45) is 0 Å². The Kier molecular flexibility index (Phi) is 81.8. The summed E-state index contributed by atoms with van der Waals surface area (Å²) in [5, 5.41) is 88.5. The summed E-state index contributed by atoms with van der Waals surface area (Å²) in [5.74, 6) is 0. The van der Waals surface area contributed by atoms with Gasteiger partial charge < -0.3 is 91.9 Å². The molecular formula is Mo2N6O18. The minimum absolute atomic E-state index is 0. The molecule has 0 aromatic heterocycles. The summed E-state index contributed by atoms with van der Waals surface area (Å²) in [6.45, 7) is 0. The minimum atomic E-state index is -1.75. The first-order valence-electron chi connectivity index (χ1n) is 3.29. The van der Waals surface area contributed by atoms with E-state index in [1.807, 2.05) is 0 Å². The molecule has 0 saturated heterocycles. The van der Waals surface area contributed by atoms with Crippen LogP contribution in [0, 0.1) is 91.9 Å². The molecule has 24 nitrogen and oxygen atoms in total. The Labute approximate surface area is 165 Å². The third kappa shape index (κ3) is 673. The molecule has 0 fully saturated rings. The molecule has 150 valence electrons. The Balaban J connectivity index is -0.0000000245. The minimum Gasteiger partial charge on any atom is -0.356 e. The first-order chi connectivity index (χ1) is 10.4. The average Bonchev–Trinajstić information content (AvgIpc) is 2.08. The smallest absolute Gasteiger partial charge is 0.356 e. The van der Waals surface area contributed by atoms with Gasteiger partial charge in [0.15, 0.2) is 0 Å². The molecular weight excluding hydrogens is 564 g/mol. The van der Waals surface area contributed by atoms with Crippen LogP contribution in [0.2, 0.25) is 0 Å². The van der Waals surface area contributed by atoms with Crippen LogP contribution in [-0.4, -0.2) is 30.5 Å². The summed E-state index contributed by atoms with van der Waals surface area (Å²) < 4.78 is 0. The summed E-state index contributed by atoms with van der Waals surface area (Å²) in [5.41, 5.74) is 0. The molecule has 0 heterocycles. The quantitative estimate of drug-likeness (QED) is 0.185. The van der Waals surface area contributed by atoms with Crippen LogP contribution >= 0.6 is 0 Å². The SMILES string of the molecule is O=[N+]([O-])[O-].O=[N+]([O-])[O-].O=[N+]([O-])[O-].O=[N+]([O-])[O-].O=[N+]([O-])[O-].O=[N+]([O-])[O-].[Mo+6].[Mo]. The van der Waals surface area contributed by atoms with Crippen molar-refractivity contribution in [3.05, 3.63) is 91.9 Å². The molecule has 0 unspecified atom stereocenters. The molecule has 0 spiro atoms. The maximum Gasteiger partial charge on any atom is 6.00 e. The van der Waals surface area contributed by atoms with Crippen LogP contribution in [0.5, 0.6) is 0 Å². The van der Waals surface area contributed by atoms with Crippen molar-refractivity contribution < 1.29 is 72.7 Å². The second-order valence-electron chi connectivity index (χ2n) is 1.34. The zero-order valence-electron chi connectivity index (χ0n) is 10.8. The fraction of sp³-hybridized carbons (Fsp3) is 0. The van der Waals surface area contributed by atoms with Gasteiger partial charge in [0.05, 0.1) is 30.5 Å². The van der Waals surface area contributed by atoms with Gasteiger partial charge >= 0.3 is 21.1 Å². The standard InChI is InChI=1S/2Mo.6NO3/c;;6*2-1(3)4/q;+6;6*-1. The van der Waals surface area contributed by atoms with Gasteiger partial charge in [-0.1, -0.05) is 0 Å². The van der Waals surface area contributed by atoms with Crippen LogP contribution in [0.1, 0.15) is 0 Å². The van der Waals surface area contributed by atoms with E-state index in [2.05, 4.69) is 0 Å². The van der Waals surface area contributed by atoms with Crippen molar-refractivity contribution in [1.29, 1.82) is 0 Å². The number of nitrogens with zero attached hydrogens (tertiary/aromatic N) is 6. The van der Waals surface area contributed by atoms with Crippen LogP contribution in [-0.2, 0) is 42.1 Å². The van der Waals surface area contributed by atoms with Gasteiger partial charge in [-0.2, -0.15) is 0 Å². The van der Waals surface area contributed by atoms with Crippen molar-refractivity contribution in [1.82, 2.24) is 0 Å². The molecule has 0 amide bonds. The third-order valence-electron chi connectivity index (χ3n) is 0. The van der Waals surface area contributed by atoms with E-state index >= 15 is 0 Å². The van der Waals surface area contributed by atoms with Gasteiger partial charge in [-0.3, -0.25) is 0 Å². The average molecular weight is 564 g/mol. The second kappa shape index (κ2) is 43.0. The van der Waals surface area contributed by atoms with Gasteiger partial charge in [0.1, 0.15) is 0 Å².